The van der Waals surface area contributed by atoms with Crippen LogP contribution in [-0.4, -0.2) is 46.2 Å². The molecule has 1 aromatic heterocycles. The predicted octanol–water partition coefficient (Wildman–Crippen LogP) is 1.46. The number of carbonyl (C=O) groups excluding carboxylic acids is 1. The number of anilines is 1. The summed E-state index contributed by atoms with van der Waals surface area (Å²) in [6.07, 6.45) is 2.19. The standard InChI is InChI=1S/C19H23N5O2/c1-11(2)18(25)19(26)23-14-10-24(9-12(14)3)15-5-4-13(8-20)16-17(15)22-7-6-21-16/h4-7,11-12,14,18,25H,9-10H2,1-3H3,(H,23,26). The van der Waals surface area contributed by atoms with Crippen molar-refractivity contribution in [2.45, 2.75) is 32.9 Å². The molecule has 2 aromatic rings. The maximum atomic E-state index is 12.2. The maximum absolute atomic E-state index is 12.2. The van der Waals surface area contributed by atoms with Crippen molar-refractivity contribution in [3.05, 3.63) is 30.1 Å². The highest BCUT2D eigenvalue weighted by Crippen LogP contribution is 2.30. The van der Waals surface area contributed by atoms with Crippen molar-refractivity contribution in [1.82, 2.24) is 15.3 Å². The first kappa shape index (κ1) is 18.1. The van der Waals surface area contributed by atoms with Gasteiger partial charge in [0.25, 0.3) is 0 Å². The highest BCUT2D eigenvalue weighted by Gasteiger charge is 2.33. The minimum atomic E-state index is -1.00. The van der Waals surface area contributed by atoms with E-state index in [9.17, 15) is 15.2 Å². The van der Waals surface area contributed by atoms with Gasteiger partial charge in [-0.1, -0.05) is 20.8 Å². The topological polar surface area (TPSA) is 102 Å². The Balaban J connectivity index is 1.83. The third-order valence-corrected chi connectivity index (χ3v) is 4.91. The van der Waals surface area contributed by atoms with E-state index in [1.807, 2.05) is 19.9 Å². The van der Waals surface area contributed by atoms with Gasteiger partial charge in [-0.2, -0.15) is 5.26 Å². The summed E-state index contributed by atoms with van der Waals surface area (Å²) in [6.45, 7) is 7.08. The SMILES string of the molecule is CC(C)C(O)C(=O)NC1CN(c2ccc(C#N)c3nccnc23)CC1C. The molecule has 1 saturated heterocycles. The summed E-state index contributed by atoms with van der Waals surface area (Å²) >= 11 is 0. The molecular weight excluding hydrogens is 330 g/mol. The molecule has 1 amide bonds. The lowest BCUT2D eigenvalue weighted by Crippen LogP contribution is -2.46. The number of nitriles is 1. The summed E-state index contributed by atoms with van der Waals surface area (Å²) in [6, 6.07) is 5.73. The van der Waals surface area contributed by atoms with E-state index >= 15 is 0 Å². The number of aliphatic hydroxyl groups is 1. The van der Waals surface area contributed by atoms with Crippen molar-refractivity contribution in [3.63, 3.8) is 0 Å². The first-order valence-corrected chi connectivity index (χ1v) is 8.79. The molecule has 2 heterocycles. The molecule has 0 radical (unpaired) electrons. The van der Waals surface area contributed by atoms with Crippen LogP contribution in [0.3, 0.4) is 0 Å². The Labute approximate surface area is 152 Å². The fraction of sp³-hybridized carbons (Fsp3) is 0.474. The fourth-order valence-corrected chi connectivity index (χ4v) is 3.31. The zero-order valence-corrected chi connectivity index (χ0v) is 15.2. The number of benzene rings is 1. The van der Waals surface area contributed by atoms with Crippen LogP contribution in [-0.2, 0) is 4.79 Å². The Hall–Kier alpha value is -2.72. The third kappa shape index (κ3) is 3.33. The third-order valence-electron chi connectivity index (χ3n) is 4.91. The first-order chi connectivity index (χ1) is 12.4. The minimum absolute atomic E-state index is 0.0572. The van der Waals surface area contributed by atoms with Gasteiger partial charge in [-0.15, -0.1) is 0 Å². The number of carbonyl (C=O) groups is 1. The van der Waals surface area contributed by atoms with Gasteiger partial charge in [-0.3, -0.25) is 14.8 Å². The molecule has 3 rings (SSSR count). The molecule has 1 aliphatic heterocycles. The van der Waals surface area contributed by atoms with E-state index in [1.165, 1.54) is 0 Å². The molecule has 1 fully saturated rings. The summed E-state index contributed by atoms with van der Waals surface area (Å²) in [5.41, 5.74) is 2.67. The van der Waals surface area contributed by atoms with Crippen LogP contribution in [0, 0.1) is 23.2 Å². The first-order valence-electron chi connectivity index (χ1n) is 8.79. The van der Waals surface area contributed by atoms with Gasteiger partial charge in [0.05, 0.1) is 17.3 Å². The van der Waals surface area contributed by atoms with Crippen molar-refractivity contribution in [2.24, 2.45) is 11.8 Å². The molecule has 0 saturated carbocycles. The molecule has 0 bridgehead atoms. The van der Waals surface area contributed by atoms with Gasteiger partial charge in [0.15, 0.2) is 0 Å². The number of amides is 1. The number of rotatable bonds is 4. The second-order valence-electron chi connectivity index (χ2n) is 7.18. The number of hydrogen-bond donors (Lipinski definition) is 2. The Kier molecular flexibility index (Phi) is 5.05. The fourth-order valence-electron chi connectivity index (χ4n) is 3.31. The Morgan fingerprint density at radius 2 is 2.00 bits per heavy atom. The van der Waals surface area contributed by atoms with Gasteiger partial charge >= 0.3 is 0 Å². The van der Waals surface area contributed by atoms with Crippen LogP contribution >= 0.6 is 0 Å². The van der Waals surface area contributed by atoms with Gasteiger partial charge in [0.2, 0.25) is 5.91 Å². The second-order valence-corrected chi connectivity index (χ2v) is 7.18. The van der Waals surface area contributed by atoms with Crippen LogP contribution in [0.2, 0.25) is 0 Å². The maximum Gasteiger partial charge on any atom is 0.249 e. The average molecular weight is 353 g/mol. The van der Waals surface area contributed by atoms with Crippen molar-refractivity contribution < 1.29 is 9.90 Å². The van der Waals surface area contributed by atoms with Crippen LogP contribution in [0.5, 0.6) is 0 Å². The molecule has 1 aliphatic rings. The lowest BCUT2D eigenvalue weighted by Gasteiger charge is -2.22. The molecule has 0 aliphatic carbocycles. The average Bonchev–Trinajstić information content (AvgIpc) is 3.00. The van der Waals surface area contributed by atoms with Crippen molar-refractivity contribution >= 4 is 22.6 Å². The van der Waals surface area contributed by atoms with E-state index in [1.54, 1.807) is 18.5 Å². The van der Waals surface area contributed by atoms with Crippen molar-refractivity contribution in [3.8, 4) is 6.07 Å². The van der Waals surface area contributed by atoms with Gasteiger partial charge < -0.3 is 15.3 Å². The van der Waals surface area contributed by atoms with Crippen LogP contribution in [0.15, 0.2) is 24.5 Å². The highest BCUT2D eigenvalue weighted by molar-refractivity contribution is 5.92. The molecule has 3 unspecified atom stereocenters. The molecule has 136 valence electrons. The van der Waals surface area contributed by atoms with E-state index in [2.05, 4.69) is 33.2 Å². The van der Waals surface area contributed by atoms with E-state index in [4.69, 9.17) is 0 Å². The normalized spacial score (nSPS) is 21.0. The number of aromatic nitrogens is 2. The summed E-state index contributed by atoms with van der Waals surface area (Å²) < 4.78 is 0. The Bertz CT molecular complexity index is 861. The highest BCUT2D eigenvalue weighted by atomic mass is 16.3. The van der Waals surface area contributed by atoms with Gasteiger partial charge in [-0.05, 0) is 24.0 Å². The van der Waals surface area contributed by atoms with Crippen LogP contribution < -0.4 is 10.2 Å². The van der Waals surface area contributed by atoms with Gasteiger partial charge in [0.1, 0.15) is 23.2 Å². The van der Waals surface area contributed by atoms with Crippen molar-refractivity contribution in [1.29, 1.82) is 5.26 Å². The number of fused-ring (bicyclic) bond motifs is 1. The zero-order valence-electron chi connectivity index (χ0n) is 15.2. The number of nitrogens with zero attached hydrogens (tertiary/aromatic N) is 4. The monoisotopic (exact) mass is 353 g/mol. The Morgan fingerprint density at radius 1 is 1.31 bits per heavy atom. The molecule has 2 N–H and O–H groups in total. The Morgan fingerprint density at radius 3 is 2.65 bits per heavy atom. The lowest BCUT2D eigenvalue weighted by atomic mass is 10.0. The van der Waals surface area contributed by atoms with Crippen LogP contribution in [0.1, 0.15) is 26.3 Å². The smallest absolute Gasteiger partial charge is 0.249 e. The molecule has 7 heteroatoms. The second kappa shape index (κ2) is 7.26. The van der Waals surface area contributed by atoms with Crippen molar-refractivity contribution in [2.75, 3.05) is 18.0 Å². The van der Waals surface area contributed by atoms with E-state index in [0.717, 1.165) is 12.2 Å². The predicted molar refractivity (Wildman–Crippen MR) is 98.4 cm³/mol. The van der Waals surface area contributed by atoms with Crippen LogP contribution in [0.25, 0.3) is 11.0 Å². The molecule has 3 atom stereocenters. The number of hydrogen-bond acceptors (Lipinski definition) is 6. The summed E-state index contributed by atoms with van der Waals surface area (Å²) in [7, 11) is 0. The van der Waals surface area contributed by atoms with E-state index in [0.29, 0.717) is 23.1 Å². The molecule has 1 aromatic carbocycles. The summed E-state index contributed by atoms with van der Waals surface area (Å²) in [5, 5.41) is 22.2. The molecule has 26 heavy (non-hydrogen) atoms. The quantitative estimate of drug-likeness (QED) is 0.863. The largest absolute Gasteiger partial charge is 0.383 e. The summed E-state index contributed by atoms with van der Waals surface area (Å²) in [5.74, 6) is -0.232. The zero-order chi connectivity index (χ0) is 18.8. The van der Waals surface area contributed by atoms with E-state index < -0.39 is 6.10 Å². The minimum Gasteiger partial charge on any atom is -0.383 e. The van der Waals surface area contributed by atoms with Gasteiger partial charge in [-0.25, -0.2) is 0 Å². The van der Waals surface area contributed by atoms with E-state index in [-0.39, 0.29) is 23.8 Å². The number of nitrogens with one attached hydrogen (secondary N) is 1. The molecule has 7 nitrogen and oxygen atoms in total. The van der Waals surface area contributed by atoms with Gasteiger partial charge in [0, 0.05) is 25.5 Å². The van der Waals surface area contributed by atoms with Crippen LogP contribution in [0.4, 0.5) is 5.69 Å². The number of aliphatic hydroxyl groups excluding tert-OH is 1. The lowest BCUT2D eigenvalue weighted by molar-refractivity contribution is -0.132. The summed E-state index contributed by atoms with van der Waals surface area (Å²) in [4.78, 5) is 23.0. The molecular formula is C19H23N5O2. The molecule has 0 spiro atoms.